The van der Waals surface area contributed by atoms with Gasteiger partial charge in [-0.05, 0) is 33.2 Å². The SMILES string of the molecule is Nc1nonc1-n1nnc(C(=O)N/N=C/c2cccc3ccccc23)c1CSc1ccccc1. The van der Waals surface area contributed by atoms with Crippen molar-refractivity contribution in [3.05, 3.63) is 89.7 Å². The van der Waals surface area contributed by atoms with E-state index in [0.717, 1.165) is 21.2 Å². The topological polar surface area (TPSA) is 137 Å². The minimum atomic E-state index is -0.513. The van der Waals surface area contributed by atoms with E-state index >= 15 is 0 Å². The number of nitrogens with zero attached hydrogens (tertiary/aromatic N) is 6. The molecule has 0 aliphatic rings. The Hall–Kier alpha value is -4.51. The maximum Gasteiger partial charge on any atom is 0.293 e. The number of carbonyl (C=O) groups excluding carboxylic acids is 1. The molecule has 5 aromatic rings. The molecule has 0 radical (unpaired) electrons. The van der Waals surface area contributed by atoms with Crippen molar-refractivity contribution in [2.24, 2.45) is 5.10 Å². The third-order valence-corrected chi connectivity index (χ3v) is 6.01. The van der Waals surface area contributed by atoms with Gasteiger partial charge < -0.3 is 5.73 Å². The number of fused-ring (bicyclic) bond motifs is 1. The van der Waals surface area contributed by atoms with Gasteiger partial charge in [-0.3, -0.25) is 4.79 Å². The number of hydrazone groups is 1. The number of hydrogen-bond acceptors (Lipinski definition) is 9. The van der Waals surface area contributed by atoms with Gasteiger partial charge in [0.25, 0.3) is 5.91 Å². The number of thioether (sulfide) groups is 1. The quantitative estimate of drug-likeness (QED) is 0.210. The number of nitrogen functional groups attached to an aromatic ring is 1. The highest BCUT2D eigenvalue weighted by Crippen LogP contribution is 2.26. The molecule has 0 spiro atoms. The number of aromatic nitrogens is 5. The molecule has 11 heteroatoms. The average Bonchev–Trinajstić information content (AvgIpc) is 3.49. The van der Waals surface area contributed by atoms with Crippen molar-refractivity contribution in [3.63, 3.8) is 0 Å². The summed E-state index contributed by atoms with van der Waals surface area (Å²) in [5.41, 5.74) is 9.83. The first-order chi connectivity index (χ1) is 16.7. The minimum Gasteiger partial charge on any atom is -0.378 e. The van der Waals surface area contributed by atoms with Crippen LogP contribution in [0.2, 0.25) is 0 Å². The van der Waals surface area contributed by atoms with Gasteiger partial charge in [0.05, 0.1) is 11.9 Å². The van der Waals surface area contributed by atoms with Crippen molar-refractivity contribution in [2.75, 3.05) is 5.73 Å². The van der Waals surface area contributed by atoms with Crippen molar-refractivity contribution in [1.29, 1.82) is 0 Å². The lowest BCUT2D eigenvalue weighted by Gasteiger charge is -2.06. The van der Waals surface area contributed by atoms with E-state index in [4.69, 9.17) is 10.4 Å². The average molecular weight is 471 g/mol. The number of benzene rings is 3. The fraction of sp³-hybridized carbons (Fsp3) is 0.0435. The zero-order chi connectivity index (χ0) is 23.3. The van der Waals surface area contributed by atoms with E-state index in [9.17, 15) is 4.79 Å². The highest BCUT2D eigenvalue weighted by Gasteiger charge is 2.24. The molecule has 3 N–H and O–H groups in total. The smallest absolute Gasteiger partial charge is 0.293 e. The van der Waals surface area contributed by atoms with Crippen LogP contribution >= 0.6 is 11.8 Å². The molecule has 2 aromatic heterocycles. The summed E-state index contributed by atoms with van der Waals surface area (Å²) < 4.78 is 6.04. The monoisotopic (exact) mass is 470 g/mol. The van der Waals surface area contributed by atoms with Gasteiger partial charge in [0.2, 0.25) is 11.6 Å². The van der Waals surface area contributed by atoms with E-state index in [0.29, 0.717) is 11.4 Å². The largest absolute Gasteiger partial charge is 0.378 e. The van der Waals surface area contributed by atoms with Crippen LogP contribution in [0.4, 0.5) is 5.82 Å². The van der Waals surface area contributed by atoms with Crippen LogP contribution in [-0.4, -0.2) is 37.4 Å². The highest BCUT2D eigenvalue weighted by atomic mass is 32.2. The number of hydrogen-bond donors (Lipinski definition) is 2. The molecule has 0 aliphatic carbocycles. The molecular weight excluding hydrogens is 452 g/mol. The lowest BCUT2D eigenvalue weighted by molar-refractivity contribution is 0.0949. The second kappa shape index (κ2) is 9.55. The van der Waals surface area contributed by atoms with Gasteiger partial charge in [-0.15, -0.1) is 16.9 Å². The summed E-state index contributed by atoms with van der Waals surface area (Å²) in [6, 6.07) is 23.6. The number of rotatable bonds is 7. The Bertz CT molecular complexity index is 1470. The Kier molecular flexibility index (Phi) is 5.99. The number of nitrogens with one attached hydrogen (secondary N) is 1. The van der Waals surface area contributed by atoms with Gasteiger partial charge in [-0.2, -0.15) is 9.78 Å². The van der Waals surface area contributed by atoms with Crippen LogP contribution in [0, 0.1) is 0 Å². The van der Waals surface area contributed by atoms with Gasteiger partial charge in [-0.25, -0.2) is 10.1 Å². The predicted octanol–water partition coefficient (Wildman–Crippen LogP) is 3.44. The molecule has 2 heterocycles. The molecule has 168 valence electrons. The third-order valence-electron chi connectivity index (χ3n) is 4.99. The van der Waals surface area contributed by atoms with E-state index in [1.807, 2.05) is 72.8 Å². The Morgan fingerprint density at radius 2 is 1.85 bits per heavy atom. The van der Waals surface area contributed by atoms with E-state index in [1.54, 1.807) is 6.21 Å². The molecule has 5 rings (SSSR count). The van der Waals surface area contributed by atoms with Crippen LogP contribution in [0.3, 0.4) is 0 Å². The Morgan fingerprint density at radius 1 is 1.06 bits per heavy atom. The Labute approximate surface area is 197 Å². The standard InChI is InChI=1S/C23H18N8O2S/c24-21-22(29-33-28-21)31-19(14-34-17-10-2-1-3-11-17)20(26-30-31)23(32)27-25-13-16-9-6-8-15-7-4-5-12-18(15)16/h1-13H,14H2,(H2,24,28)(H,27,32)/b25-13+. The van der Waals surface area contributed by atoms with Crippen LogP contribution in [0.25, 0.3) is 16.6 Å². The number of nitrogens with two attached hydrogens (primary N) is 1. The third kappa shape index (κ3) is 4.36. The van der Waals surface area contributed by atoms with E-state index in [-0.39, 0.29) is 17.3 Å². The first kappa shape index (κ1) is 21.3. The number of carbonyl (C=O) groups is 1. The van der Waals surface area contributed by atoms with Gasteiger partial charge in [-0.1, -0.05) is 65.9 Å². The van der Waals surface area contributed by atoms with Crippen molar-refractivity contribution in [1.82, 2.24) is 30.7 Å². The highest BCUT2D eigenvalue weighted by molar-refractivity contribution is 7.98. The molecule has 10 nitrogen and oxygen atoms in total. The van der Waals surface area contributed by atoms with E-state index in [1.165, 1.54) is 16.4 Å². The van der Waals surface area contributed by atoms with Crippen molar-refractivity contribution < 1.29 is 9.42 Å². The first-order valence-corrected chi connectivity index (χ1v) is 11.2. The minimum absolute atomic E-state index is 0.0387. The lowest BCUT2D eigenvalue weighted by atomic mass is 10.1. The second-order valence-electron chi connectivity index (χ2n) is 7.14. The lowest BCUT2D eigenvalue weighted by Crippen LogP contribution is -2.20. The molecule has 3 aromatic carbocycles. The fourth-order valence-electron chi connectivity index (χ4n) is 3.36. The van der Waals surface area contributed by atoms with Crippen molar-refractivity contribution in [3.8, 4) is 5.82 Å². The molecule has 0 atom stereocenters. The molecule has 1 amide bonds. The van der Waals surface area contributed by atoms with Crippen molar-refractivity contribution in [2.45, 2.75) is 10.6 Å². The second-order valence-corrected chi connectivity index (χ2v) is 8.19. The molecule has 0 unspecified atom stereocenters. The zero-order valence-corrected chi connectivity index (χ0v) is 18.5. The van der Waals surface area contributed by atoms with Crippen LogP contribution in [0.1, 0.15) is 21.7 Å². The van der Waals surface area contributed by atoms with E-state index < -0.39 is 5.91 Å². The molecule has 34 heavy (non-hydrogen) atoms. The molecule has 0 saturated heterocycles. The normalized spacial score (nSPS) is 11.3. The van der Waals surface area contributed by atoms with Crippen LogP contribution in [-0.2, 0) is 5.75 Å². The summed E-state index contributed by atoms with van der Waals surface area (Å²) in [6.07, 6.45) is 1.60. The van der Waals surface area contributed by atoms with Crippen molar-refractivity contribution >= 4 is 40.5 Å². The first-order valence-electron chi connectivity index (χ1n) is 10.2. The fourth-order valence-corrected chi connectivity index (χ4v) is 4.27. The summed E-state index contributed by atoms with van der Waals surface area (Å²) in [4.78, 5) is 14.0. The summed E-state index contributed by atoms with van der Waals surface area (Å²) >= 11 is 1.51. The molecular formula is C23H18N8O2S. The molecule has 0 saturated carbocycles. The maximum atomic E-state index is 13.0. The van der Waals surface area contributed by atoms with Crippen LogP contribution < -0.4 is 11.2 Å². The van der Waals surface area contributed by atoms with Gasteiger partial charge >= 0.3 is 0 Å². The molecule has 0 fully saturated rings. The van der Waals surface area contributed by atoms with Gasteiger partial charge in [0.1, 0.15) is 0 Å². The summed E-state index contributed by atoms with van der Waals surface area (Å²) in [5, 5.41) is 21.7. The van der Waals surface area contributed by atoms with Gasteiger partial charge in [0, 0.05) is 16.2 Å². The summed E-state index contributed by atoms with van der Waals surface area (Å²) in [6.45, 7) is 0. The Morgan fingerprint density at radius 3 is 2.68 bits per heavy atom. The van der Waals surface area contributed by atoms with Gasteiger partial charge in [0.15, 0.2) is 5.69 Å². The Balaban J connectivity index is 1.40. The predicted molar refractivity (Wildman–Crippen MR) is 129 cm³/mol. The zero-order valence-electron chi connectivity index (χ0n) is 17.7. The summed E-state index contributed by atoms with van der Waals surface area (Å²) in [5.74, 6) is 0.0618. The summed E-state index contributed by atoms with van der Waals surface area (Å²) in [7, 11) is 0. The number of amides is 1. The van der Waals surface area contributed by atoms with Crippen LogP contribution in [0.5, 0.6) is 0 Å². The molecule has 0 bridgehead atoms. The number of anilines is 1. The van der Waals surface area contributed by atoms with E-state index in [2.05, 4.69) is 31.2 Å². The van der Waals surface area contributed by atoms with Crippen LogP contribution in [0.15, 0.2) is 87.4 Å². The molecule has 0 aliphatic heterocycles. The maximum absolute atomic E-state index is 13.0.